The van der Waals surface area contributed by atoms with Gasteiger partial charge in [-0.2, -0.15) is 10.2 Å². The highest BCUT2D eigenvalue weighted by Crippen LogP contribution is 2.21. The van der Waals surface area contributed by atoms with Crippen LogP contribution in [0.3, 0.4) is 0 Å². The quantitative estimate of drug-likeness (QED) is 0.647. The molecule has 0 aliphatic rings. The minimum absolute atomic E-state index is 0.185. The number of hydrogen-bond donors (Lipinski definition) is 1. The van der Waals surface area contributed by atoms with Crippen molar-refractivity contribution < 1.29 is 9.72 Å². The number of aryl methyl sites for hydroxylation is 2. The number of rotatable bonds is 5. The number of carbonyl (C=O) groups excluding carboxylic acids is 1. The monoisotopic (exact) mass is 292 g/mol. The zero-order valence-corrected chi connectivity index (χ0v) is 12.0. The molecule has 9 heteroatoms. The van der Waals surface area contributed by atoms with Crippen molar-refractivity contribution in [2.75, 3.05) is 0 Å². The lowest BCUT2D eigenvalue weighted by Gasteiger charge is -2.00. The lowest BCUT2D eigenvalue weighted by atomic mass is 10.3. The van der Waals surface area contributed by atoms with Crippen LogP contribution in [0.1, 0.15) is 28.8 Å². The van der Waals surface area contributed by atoms with Crippen molar-refractivity contribution in [3.63, 3.8) is 0 Å². The van der Waals surface area contributed by atoms with Crippen LogP contribution in [0.4, 0.5) is 5.69 Å². The summed E-state index contributed by atoms with van der Waals surface area (Å²) >= 11 is 0. The van der Waals surface area contributed by atoms with Gasteiger partial charge in [-0.05, 0) is 19.9 Å². The first-order valence-corrected chi connectivity index (χ1v) is 6.42. The molecule has 0 aromatic carbocycles. The van der Waals surface area contributed by atoms with Crippen molar-refractivity contribution in [1.82, 2.24) is 24.9 Å². The van der Waals surface area contributed by atoms with Gasteiger partial charge >= 0.3 is 5.69 Å². The Kier molecular flexibility index (Phi) is 4.01. The number of amides is 1. The van der Waals surface area contributed by atoms with Crippen LogP contribution in [0, 0.1) is 17.0 Å². The number of aromatic nitrogens is 4. The molecule has 21 heavy (non-hydrogen) atoms. The molecule has 0 radical (unpaired) electrons. The molecule has 1 N–H and O–H groups in total. The van der Waals surface area contributed by atoms with Gasteiger partial charge in [0, 0.05) is 19.8 Å². The highest BCUT2D eigenvalue weighted by molar-refractivity contribution is 5.96. The van der Waals surface area contributed by atoms with Crippen LogP contribution < -0.4 is 5.32 Å². The molecule has 0 saturated carbocycles. The summed E-state index contributed by atoms with van der Waals surface area (Å²) in [7, 11) is 1.56. The Bertz CT molecular complexity index is 687. The van der Waals surface area contributed by atoms with Crippen LogP contribution in [0.25, 0.3) is 0 Å². The second kappa shape index (κ2) is 5.73. The van der Waals surface area contributed by atoms with Gasteiger partial charge < -0.3 is 5.32 Å². The van der Waals surface area contributed by atoms with Gasteiger partial charge in [-0.25, -0.2) is 0 Å². The molecular formula is C12H16N6O3. The van der Waals surface area contributed by atoms with Crippen molar-refractivity contribution in [3.05, 3.63) is 39.5 Å². The van der Waals surface area contributed by atoms with Gasteiger partial charge in [0.1, 0.15) is 5.69 Å². The first kappa shape index (κ1) is 14.7. The summed E-state index contributed by atoms with van der Waals surface area (Å²) in [4.78, 5) is 22.5. The number of nitrogens with zero attached hydrogens (tertiary/aromatic N) is 5. The number of nitrogens with one attached hydrogen (secondary N) is 1. The van der Waals surface area contributed by atoms with Gasteiger partial charge in [-0.15, -0.1) is 0 Å². The fourth-order valence-corrected chi connectivity index (χ4v) is 1.90. The van der Waals surface area contributed by atoms with E-state index in [2.05, 4.69) is 15.5 Å². The molecule has 2 aromatic heterocycles. The zero-order chi connectivity index (χ0) is 15.6. The SMILES string of the molecule is CCn1ccc(CNC(=O)c2nn(C)c(C)c2[N+](=O)[O-])n1. The molecule has 0 spiro atoms. The van der Waals surface area contributed by atoms with Crippen LogP contribution in [0.15, 0.2) is 12.3 Å². The standard InChI is InChI=1S/C12H16N6O3/c1-4-17-6-5-9(14-17)7-13-12(19)10-11(18(20)21)8(2)16(3)15-10/h5-6H,4,7H2,1-3H3,(H,13,19). The minimum Gasteiger partial charge on any atom is -0.345 e. The third kappa shape index (κ3) is 2.91. The van der Waals surface area contributed by atoms with E-state index in [1.165, 1.54) is 4.68 Å². The molecule has 0 bridgehead atoms. The molecule has 112 valence electrons. The molecule has 9 nitrogen and oxygen atoms in total. The average Bonchev–Trinajstić information content (AvgIpc) is 3.01. The Hall–Kier alpha value is -2.71. The highest BCUT2D eigenvalue weighted by atomic mass is 16.6. The second-order valence-electron chi connectivity index (χ2n) is 4.51. The third-order valence-electron chi connectivity index (χ3n) is 3.15. The lowest BCUT2D eigenvalue weighted by molar-refractivity contribution is -0.385. The molecule has 1 amide bonds. The van der Waals surface area contributed by atoms with Crippen LogP contribution in [-0.4, -0.2) is 30.4 Å². The van der Waals surface area contributed by atoms with E-state index >= 15 is 0 Å². The number of nitro groups is 1. The summed E-state index contributed by atoms with van der Waals surface area (Å²) in [5.74, 6) is -0.587. The van der Waals surface area contributed by atoms with E-state index < -0.39 is 10.8 Å². The van der Waals surface area contributed by atoms with E-state index in [9.17, 15) is 14.9 Å². The smallest absolute Gasteiger partial charge is 0.322 e. The Labute approximate surface area is 120 Å². The summed E-state index contributed by atoms with van der Waals surface area (Å²) in [5, 5.41) is 21.7. The summed E-state index contributed by atoms with van der Waals surface area (Å²) in [6, 6.07) is 1.78. The Balaban J connectivity index is 2.13. The van der Waals surface area contributed by atoms with Gasteiger partial charge in [-0.3, -0.25) is 24.3 Å². The topological polar surface area (TPSA) is 108 Å². The van der Waals surface area contributed by atoms with Gasteiger partial charge in [-0.1, -0.05) is 0 Å². The molecule has 0 saturated heterocycles. The molecule has 2 heterocycles. The molecule has 0 unspecified atom stereocenters. The van der Waals surface area contributed by atoms with E-state index in [4.69, 9.17) is 0 Å². The first-order chi connectivity index (χ1) is 9.93. The maximum Gasteiger partial charge on any atom is 0.322 e. The fourth-order valence-electron chi connectivity index (χ4n) is 1.90. The van der Waals surface area contributed by atoms with E-state index in [1.807, 2.05) is 6.92 Å². The van der Waals surface area contributed by atoms with E-state index in [1.54, 1.807) is 30.9 Å². The van der Waals surface area contributed by atoms with Crippen LogP contribution in [0.2, 0.25) is 0 Å². The van der Waals surface area contributed by atoms with E-state index in [0.29, 0.717) is 11.4 Å². The predicted octanol–water partition coefficient (Wildman–Crippen LogP) is 0.783. The summed E-state index contributed by atoms with van der Waals surface area (Å²) in [6.45, 7) is 4.43. The minimum atomic E-state index is -0.594. The molecule has 2 aromatic rings. The maximum atomic E-state index is 12.1. The van der Waals surface area contributed by atoms with Crippen molar-refractivity contribution >= 4 is 11.6 Å². The van der Waals surface area contributed by atoms with Gasteiger partial charge in [0.2, 0.25) is 5.69 Å². The maximum absolute atomic E-state index is 12.1. The first-order valence-electron chi connectivity index (χ1n) is 6.42. The largest absolute Gasteiger partial charge is 0.345 e. The van der Waals surface area contributed by atoms with Crippen LogP contribution >= 0.6 is 0 Å². The van der Waals surface area contributed by atoms with E-state index in [0.717, 1.165) is 6.54 Å². The Morgan fingerprint density at radius 3 is 2.76 bits per heavy atom. The third-order valence-corrected chi connectivity index (χ3v) is 3.15. The highest BCUT2D eigenvalue weighted by Gasteiger charge is 2.28. The fraction of sp³-hybridized carbons (Fsp3) is 0.417. The molecule has 0 aliphatic heterocycles. The lowest BCUT2D eigenvalue weighted by Crippen LogP contribution is -2.24. The summed E-state index contributed by atoms with van der Waals surface area (Å²) in [5.41, 5.74) is 0.560. The van der Waals surface area contributed by atoms with Crippen molar-refractivity contribution in [3.8, 4) is 0 Å². The summed E-state index contributed by atoms with van der Waals surface area (Å²) < 4.78 is 3.05. The molecule has 0 aliphatic carbocycles. The normalized spacial score (nSPS) is 10.6. The predicted molar refractivity (Wildman–Crippen MR) is 73.7 cm³/mol. The number of hydrogen-bond acceptors (Lipinski definition) is 5. The molecule has 2 rings (SSSR count). The molecule has 0 atom stereocenters. The van der Waals surface area contributed by atoms with Crippen molar-refractivity contribution in [1.29, 1.82) is 0 Å². The Morgan fingerprint density at radius 1 is 1.48 bits per heavy atom. The Morgan fingerprint density at radius 2 is 2.19 bits per heavy atom. The van der Waals surface area contributed by atoms with Crippen molar-refractivity contribution in [2.45, 2.75) is 26.9 Å². The van der Waals surface area contributed by atoms with Crippen LogP contribution in [0.5, 0.6) is 0 Å². The summed E-state index contributed by atoms with van der Waals surface area (Å²) in [6.07, 6.45) is 1.80. The molecule has 0 fully saturated rings. The van der Waals surface area contributed by atoms with Crippen LogP contribution in [-0.2, 0) is 20.1 Å². The number of carbonyl (C=O) groups is 1. The second-order valence-corrected chi connectivity index (χ2v) is 4.51. The zero-order valence-electron chi connectivity index (χ0n) is 12.0. The van der Waals surface area contributed by atoms with Gasteiger partial charge in [0.05, 0.1) is 17.2 Å². The van der Waals surface area contributed by atoms with Crippen molar-refractivity contribution in [2.24, 2.45) is 7.05 Å². The van der Waals surface area contributed by atoms with E-state index in [-0.39, 0.29) is 17.9 Å². The average molecular weight is 292 g/mol. The van der Waals surface area contributed by atoms with Gasteiger partial charge in [0.15, 0.2) is 0 Å². The van der Waals surface area contributed by atoms with Gasteiger partial charge in [0.25, 0.3) is 5.91 Å². The molecular weight excluding hydrogens is 276 g/mol.